The Morgan fingerprint density at radius 3 is 3.13 bits per heavy atom. The number of aromatic nitrogens is 2. The lowest BCUT2D eigenvalue weighted by Crippen LogP contribution is -2.27. The zero-order valence-corrected chi connectivity index (χ0v) is 8.66. The van der Waals surface area contributed by atoms with Crippen molar-refractivity contribution in [2.75, 3.05) is 6.54 Å². The molecule has 0 aromatic carbocycles. The van der Waals surface area contributed by atoms with Gasteiger partial charge in [-0.3, -0.25) is 4.98 Å². The van der Waals surface area contributed by atoms with Gasteiger partial charge in [-0.15, -0.1) is 0 Å². The average Bonchev–Trinajstić information content (AvgIpc) is 2.78. The maximum Gasteiger partial charge on any atom is 0.0666 e. The van der Waals surface area contributed by atoms with E-state index in [9.17, 15) is 0 Å². The number of H-pyrrole nitrogens is 1. The number of aromatic amines is 1. The monoisotopic (exact) mass is 201 g/mol. The standard InChI is InChI=1S/C12H15N3/c1-2-6-13-11(3-1)12-9-4-7-14-10(9)5-8-15-12/h4-5,7-8,11,13-14H,1-3,6H2/t11-/m1/s1. The van der Waals surface area contributed by atoms with Gasteiger partial charge in [-0.05, 0) is 31.5 Å². The summed E-state index contributed by atoms with van der Waals surface area (Å²) >= 11 is 0. The fourth-order valence-electron chi connectivity index (χ4n) is 2.37. The molecule has 0 radical (unpaired) electrons. The van der Waals surface area contributed by atoms with Crippen LogP contribution in [0.15, 0.2) is 24.5 Å². The van der Waals surface area contributed by atoms with Gasteiger partial charge in [-0.25, -0.2) is 0 Å². The Kier molecular flexibility index (Phi) is 2.18. The number of piperidine rings is 1. The minimum Gasteiger partial charge on any atom is -0.361 e. The molecule has 0 unspecified atom stereocenters. The van der Waals surface area contributed by atoms with Crippen LogP contribution >= 0.6 is 0 Å². The van der Waals surface area contributed by atoms with E-state index in [0.717, 1.165) is 6.54 Å². The second-order valence-electron chi connectivity index (χ2n) is 4.14. The number of rotatable bonds is 1. The fraction of sp³-hybridized carbons (Fsp3) is 0.417. The zero-order chi connectivity index (χ0) is 10.1. The molecule has 1 fully saturated rings. The molecule has 1 aliphatic rings. The van der Waals surface area contributed by atoms with Crippen molar-refractivity contribution in [3.8, 4) is 0 Å². The molecule has 0 bridgehead atoms. The van der Waals surface area contributed by atoms with Gasteiger partial charge in [-0.1, -0.05) is 6.42 Å². The second kappa shape index (κ2) is 3.66. The van der Waals surface area contributed by atoms with Crippen molar-refractivity contribution in [1.82, 2.24) is 15.3 Å². The van der Waals surface area contributed by atoms with Gasteiger partial charge in [0, 0.05) is 23.3 Å². The number of nitrogens with one attached hydrogen (secondary N) is 2. The van der Waals surface area contributed by atoms with E-state index in [4.69, 9.17) is 0 Å². The summed E-state index contributed by atoms with van der Waals surface area (Å²) in [6.07, 6.45) is 7.68. The van der Waals surface area contributed by atoms with Crippen molar-refractivity contribution in [2.45, 2.75) is 25.3 Å². The smallest absolute Gasteiger partial charge is 0.0666 e. The normalized spacial score (nSPS) is 22.0. The topological polar surface area (TPSA) is 40.7 Å². The van der Waals surface area contributed by atoms with E-state index in [-0.39, 0.29) is 0 Å². The molecule has 3 rings (SSSR count). The maximum atomic E-state index is 4.52. The Bertz CT molecular complexity index is 455. The highest BCUT2D eigenvalue weighted by Crippen LogP contribution is 2.26. The van der Waals surface area contributed by atoms with E-state index in [0.29, 0.717) is 6.04 Å². The van der Waals surface area contributed by atoms with Crippen LogP contribution < -0.4 is 5.32 Å². The highest BCUT2D eigenvalue weighted by atomic mass is 14.9. The molecule has 0 amide bonds. The van der Waals surface area contributed by atoms with Crippen molar-refractivity contribution in [2.24, 2.45) is 0 Å². The Balaban J connectivity index is 2.05. The van der Waals surface area contributed by atoms with Crippen molar-refractivity contribution in [3.63, 3.8) is 0 Å². The lowest BCUT2D eigenvalue weighted by atomic mass is 9.99. The Morgan fingerprint density at radius 2 is 2.27 bits per heavy atom. The molecule has 1 aliphatic heterocycles. The van der Waals surface area contributed by atoms with E-state index >= 15 is 0 Å². The van der Waals surface area contributed by atoms with Gasteiger partial charge in [-0.2, -0.15) is 0 Å². The lowest BCUT2D eigenvalue weighted by molar-refractivity contribution is 0.408. The van der Waals surface area contributed by atoms with E-state index in [1.54, 1.807) is 0 Å². The van der Waals surface area contributed by atoms with Crippen molar-refractivity contribution in [3.05, 3.63) is 30.2 Å². The minimum atomic E-state index is 0.443. The summed E-state index contributed by atoms with van der Waals surface area (Å²) in [6.45, 7) is 1.12. The van der Waals surface area contributed by atoms with Gasteiger partial charge in [0.2, 0.25) is 0 Å². The van der Waals surface area contributed by atoms with E-state index in [1.165, 1.54) is 35.9 Å². The highest BCUT2D eigenvalue weighted by molar-refractivity contribution is 5.81. The first-order chi connectivity index (χ1) is 7.45. The van der Waals surface area contributed by atoms with Crippen LogP contribution in [-0.2, 0) is 0 Å². The molecule has 3 nitrogen and oxygen atoms in total. The average molecular weight is 201 g/mol. The molecule has 2 N–H and O–H groups in total. The quantitative estimate of drug-likeness (QED) is 0.743. The van der Waals surface area contributed by atoms with E-state index in [2.05, 4.69) is 21.4 Å². The van der Waals surface area contributed by atoms with Crippen LogP contribution in [0.25, 0.3) is 10.9 Å². The number of fused-ring (bicyclic) bond motifs is 1. The largest absolute Gasteiger partial charge is 0.361 e. The van der Waals surface area contributed by atoms with Gasteiger partial charge in [0.15, 0.2) is 0 Å². The number of pyridine rings is 1. The summed E-state index contributed by atoms with van der Waals surface area (Å²) in [5.41, 5.74) is 2.39. The fourth-order valence-corrected chi connectivity index (χ4v) is 2.37. The van der Waals surface area contributed by atoms with E-state index in [1.807, 2.05) is 18.5 Å². The third kappa shape index (κ3) is 1.53. The summed E-state index contributed by atoms with van der Waals surface area (Å²) in [7, 11) is 0. The molecule has 78 valence electrons. The molecule has 3 heterocycles. The molecular formula is C12H15N3. The van der Waals surface area contributed by atoms with Crippen molar-refractivity contribution in [1.29, 1.82) is 0 Å². The van der Waals surface area contributed by atoms with Crippen molar-refractivity contribution < 1.29 is 0 Å². The molecule has 0 spiro atoms. The van der Waals surface area contributed by atoms with Crippen LogP contribution in [0, 0.1) is 0 Å². The summed E-state index contributed by atoms with van der Waals surface area (Å²) in [6, 6.07) is 4.59. The van der Waals surface area contributed by atoms with Crippen LogP contribution in [0.4, 0.5) is 0 Å². The summed E-state index contributed by atoms with van der Waals surface area (Å²) in [5, 5.41) is 4.80. The first-order valence-corrected chi connectivity index (χ1v) is 5.60. The third-order valence-corrected chi connectivity index (χ3v) is 3.15. The van der Waals surface area contributed by atoms with Gasteiger partial charge in [0.1, 0.15) is 0 Å². The van der Waals surface area contributed by atoms with Gasteiger partial charge in [0.05, 0.1) is 11.7 Å². The molecule has 2 aromatic heterocycles. The Labute approximate surface area is 88.9 Å². The number of hydrogen-bond acceptors (Lipinski definition) is 2. The molecule has 1 saturated heterocycles. The zero-order valence-electron chi connectivity index (χ0n) is 8.66. The van der Waals surface area contributed by atoms with Crippen LogP contribution in [0.2, 0.25) is 0 Å². The number of nitrogens with zero attached hydrogens (tertiary/aromatic N) is 1. The summed E-state index contributed by atoms with van der Waals surface area (Å²) < 4.78 is 0. The first kappa shape index (κ1) is 8.92. The molecule has 0 aliphatic carbocycles. The summed E-state index contributed by atoms with van der Waals surface area (Å²) in [5.74, 6) is 0. The lowest BCUT2D eigenvalue weighted by Gasteiger charge is -2.23. The van der Waals surface area contributed by atoms with Crippen LogP contribution in [0.5, 0.6) is 0 Å². The minimum absolute atomic E-state index is 0.443. The summed E-state index contributed by atoms with van der Waals surface area (Å²) in [4.78, 5) is 7.75. The van der Waals surface area contributed by atoms with E-state index < -0.39 is 0 Å². The highest BCUT2D eigenvalue weighted by Gasteiger charge is 2.18. The van der Waals surface area contributed by atoms with Crippen molar-refractivity contribution >= 4 is 10.9 Å². The third-order valence-electron chi connectivity index (χ3n) is 3.15. The molecule has 1 atom stereocenters. The van der Waals surface area contributed by atoms with Gasteiger partial charge < -0.3 is 10.3 Å². The van der Waals surface area contributed by atoms with Gasteiger partial charge >= 0.3 is 0 Å². The molecule has 3 heteroatoms. The van der Waals surface area contributed by atoms with Gasteiger partial charge in [0.25, 0.3) is 0 Å². The molecular weight excluding hydrogens is 186 g/mol. The SMILES string of the molecule is c1cc2[nH]ccc2c([C@H]2CCCCN2)n1. The Hall–Kier alpha value is -1.35. The molecule has 15 heavy (non-hydrogen) atoms. The second-order valence-corrected chi connectivity index (χ2v) is 4.14. The maximum absolute atomic E-state index is 4.52. The molecule has 0 saturated carbocycles. The Morgan fingerprint density at radius 1 is 1.27 bits per heavy atom. The van der Waals surface area contributed by atoms with Crippen LogP contribution in [-0.4, -0.2) is 16.5 Å². The first-order valence-electron chi connectivity index (χ1n) is 5.60. The predicted molar refractivity (Wildman–Crippen MR) is 60.7 cm³/mol. The predicted octanol–water partition coefficient (Wildman–Crippen LogP) is 2.38. The van der Waals surface area contributed by atoms with Crippen LogP contribution in [0.3, 0.4) is 0 Å². The van der Waals surface area contributed by atoms with Crippen LogP contribution in [0.1, 0.15) is 31.0 Å². The molecule has 2 aromatic rings. The number of hydrogen-bond donors (Lipinski definition) is 2.